The molecular formula is C5H4F3N3S. The Morgan fingerprint density at radius 3 is 2.42 bits per heavy atom. The summed E-state index contributed by atoms with van der Waals surface area (Å²) in [5, 5.41) is 6.70. The number of thiazole rings is 1. The van der Waals surface area contributed by atoms with Gasteiger partial charge in [-0.25, -0.2) is 4.98 Å². The second-order valence-electron chi connectivity index (χ2n) is 1.94. The van der Waals surface area contributed by atoms with Crippen LogP contribution in [0.1, 0.15) is 9.88 Å². The van der Waals surface area contributed by atoms with Gasteiger partial charge in [-0.3, -0.25) is 5.41 Å². The Bertz CT molecular complexity index is 303. The minimum atomic E-state index is -4.40. The number of nitrogens with zero attached hydrogens (tertiary/aromatic N) is 1. The summed E-state index contributed by atoms with van der Waals surface area (Å²) in [6, 6.07) is 0. The van der Waals surface area contributed by atoms with Crippen molar-refractivity contribution in [2.75, 3.05) is 0 Å². The average molecular weight is 195 g/mol. The van der Waals surface area contributed by atoms with Gasteiger partial charge in [0.25, 0.3) is 0 Å². The van der Waals surface area contributed by atoms with E-state index in [9.17, 15) is 13.2 Å². The summed E-state index contributed by atoms with van der Waals surface area (Å²) >= 11 is 0.362. The Labute approximate surface area is 69.5 Å². The molecule has 0 radical (unpaired) electrons. The number of nitrogens with one attached hydrogen (secondary N) is 1. The number of hydrogen-bond donors (Lipinski definition) is 2. The highest BCUT2D eigenvalue weighted by Gasteiger charge is 2.33. The number of aromatic nitrogens is 1. The van der Waals surface area contributed by atoms with Crippen LogP contribution in [0.5, 0.6) is 0 Å². The molecule has 1 aromatic heterocycles. The first-order valence-corrected chi connectivity index (χ1v) is 3.60. The van der Waals surface area contributed by atoms with Crippen LogP contribution >= 0.6 is 11.3 Å². The first kappa shape index (κ1) is 8.98. The van der Waals surface area contributed by atoms with Gasteiger partial charge in [-0.1, -0.05) is 0 Å². The van der Waals surface area contributed by atoms with Crippen molar-refractivity contribution < 1.29 is 13.2 Å². The molecule has 7 heteroatoms. The second kappa shape index (κ2) is 2.74. The van der Waals surface area contributed by atoms with E-state index in [4.69, 9.17) is 11.1 Å². The molecule has 0 aromatic carbocycles. The Hall–Kier alpha value is -1.11. The van der Waals surface area contributed by atoms with Gasteiger partial charge in [0.1, 0.15) is 4.88 Å². The molecule has 0 bridgehead atoms. The van der Waals surface area contributed by atoms with E-state index >= 15 is 0 Å². The lowest BCUT2D eigenvalue weighted by Gasteiger charge is -1.99. The van der Waals surface area contributed by atoms with Crippen molar-refractivity contribution in [2.45, 2.75) is 6.18 Å². The molecule has 0 spiro atoms. The first-order chi connectivity index (χ1) is 5.41. The van der Waals surface area contributed by atoms with Crippen LogP contribution in [0.25, 0.3) is 0 Å². The number of hydrogen-bond acceptors (Lipinski definition) is 3. The third-order valence-corrected chi connectivity index (χ3v) is 2.09. The number of alkyl halides is 3. The molecule has 1 heterocycles. The summed E-state index contributed by atoms with van der Waals surface area (Å²) in [7, 11) is 0. The fourth-order valence-corrected chi connectivity index (χ4v) is 1.17. The maximum Gasteiger partial charge on any atom is 0.427 e. The van der Waals surface area contributed by atoms with Gasteiger partial charge in [-0.2, -0.15) is 13.2 Å². The van der Waals surface area contributed by atoms with Gasteiger partial charge < -0.3 is 5.73 Å². The lowest BCUT2D eigenvalue weighted by atomic mass is 10.5. The van der Waals surface area contributed by atoms with Crippen LogP contribution in [-0.4, -0.2) is 10.8 Å². The Morgan fingerprint density at radius 1 is 1.58 bits per heavy atom. The lowest BCUT2D eigenvalue weighted by molar-refractivity contribution is -0.134. The van der Waals surface area contributed by atoms with Gasteiger partial charge >= 0.3 is 6.18 Å². The molecule has 66 valence electrons. The number of rotatable bonds is 1. The minimum Gasteiger partial charge on any atom is -0.382 e. The topological polar surface area (TPSA) is 62.8 Å². The number of halogens is 3. The van der Waals surface area contributed by atoms with Crippen molar-refractivity contribution in [1.29, 1.82) is 5.41 Å². The van der Waals surface area contributed by atoms with Crippen molar-refractivity contribution in [1.82, 2.24) is 4.98 Å². The molecule has 0 aliphatic carbocycles. The van der Waals surface area contributed by atoms with E-state index in [1.807, 2.05) is 0 Å². The van der Waals surface area contributed by atoms with Crippen molar-refractivity contribution >= 4 is 17.2 Å². The number of nitrogen functional groups attached to an aromatic ring is 1. The summed E-state index contributed by atoms with van der Waals surface area (Å²) in [4.78, 5) is 2.49. The maximum absolute atomic E-state index is 11.9. The van der Waals surface area contributed by atoms with Crippen LogP contribution in [0.2, 0.25) is 0 Å². The van der Waals surface area contributed by atoms with Crippen molar-refractivity contribution in [3.05, 3.63) is 16.1 Å². The minimum absolute atomic E-state index is 0.109. The monoisotopic (exact) mass is 195 g/mol. The van der Waals surface area contributed by atoms with Crippen LogP contribution in [0.4, 0.5) is 13.2 Å². The van der Waals surface area contributed by atoms with Gasteiger partial charge in [0.15, 0.2) is 10.8 Å². The van der Waals surface area contributed by atoms with Crippen molar-refractivity contribution in [3.63, 3.8) is 0 Å². The summed E-state index contributed by atoms with van der Waals surface area (Å²) in [5.74, 6) is -0.449. The third-order valence-electron chi connectivity index (χ3n) is 1.02. The van der Waals surface area contributed by atoms with E-state index in [1.54, 1.807) is 0 Å². The van der Waals surface area contributed by atoms with Crippen molar-refractivity contribution in [2.24, 2.45) is 5.73 Å². The average Bonchev–Trinajstić information content (AvgIpc) is 2.30. The van der Waals surface area contributed by atoms with Gasteiger partial charge in [0.2, 0.25) is 0 Å². The highest BCUT2D eigenvalue weighted by Crippen LogP contribution is 2.32. The Morgan fingerprint density at radius 2 is 2.17 bits per heavy atom. The quantitative estimate of drug-likeness (QED) is 0.526. The summed E-state index contributed by atoms with van der Waals surface area (Å²) in [6.07, 6.45) is -3.73. The first-order valence-electron chi connectivity index (χ1n) is 2.78. The normalized spacial score (nSPS) is 11.6. The SMILES string of the molecule is N=C(N)c1ncc(C(F)(F)F)s1. The highest BCUT2D eigenvalue weighted by molar-refractivity contribution is 7.13. The molecule has 3 nitrogen and oxygen atoms in total. The Kier molecular flexibility index (Phi) is 2.05. The molecule has 0 saturated heterocycles. The molecule has 12 heavy (non-hydrogen) atoms. The predicted molar refractivity (Wildman–Crippen MR) is 38.1 cm³/mol. The smallest absolute Gasteiger partial charge is 0.382 e. The molecule has 0 aliphatic rings. The third kappa shape index (κ3) is 1.73. The van der Waals surface area contributed by atoms with E-state index in [0.717, 1.165) is 0 Å². The fourth-order valence-electron chi connectivity index (χ4n) is 0.530. The van der Waals surface area contributed by atoms with Gasteiger partial charge in [-0.05, 0) is 0 Å². The molecule has 0 fully saturated rings. The molecule has 3 N–H and O–H groups in total. The fraction of sp³-hybridized carbons (Fsp3) is 0.200. The van der Waals surface area contributed by atoms with Gasteiger partial charge in [0, 0.05) is 0 Å². The summed E-state index contributed by atoms with van der Waals surface area (Å²) in [5.41, 5.74) is 4.93. The highest BCUT2D eigenvalue weighted by atomic mass is 32.1. The second-order valence-corrected chi connectivity index (χ2v) is 2.97. The van der Waals surface area contributed by atoms with E-state index in [1.165, 1.54) is 0 Å². The maximum atomic E-state index is 11.9. The largest absolute Gasteiger partial charge is 0.427 e. The molecule has 1 rings (SSSR count). The molecule has 1 aromatic rings. The molecule has 0 saturated carbocycles. The van der Waals surface area contributed by atoms with E-state index < -0.39 is 16.9 Å². The van der Waals surface area contributed by atoms with E-state index in [-0.39, 0.29) is 5.01 Å². The van der Waals surface area contributed by atoms with Crippen LogP contribution in [0, 0.1) is 5.41 Å². The van der Waals surface area contributed by atoms with Crippen LogP contribution in [0.3, 0.4) is 0 Å². The van der Waals surface area contributed by atoms with Crippen LogP contribution in [-0.2, 0) is 6.18 Å². The predicted octanol–water partition coefficient (Wildman–Crippen LogP) is 1.45. The summed E-state index contributed by atoms with van der Waals surface area (Å²) in [6.45, 7) is 0. The molecule has 0 atom stereocenters. The number of nitrogens with two attached hydrogens (primary N) is 1. The van der Waals surface area contributed by atoms with Gasteiger partial charge in [-0.15, -0.1) is 11.3 Å². The molecule has 0 amide bonds. The van der Waals surface area contributed by atoms with E-state index in [2.05, 4.69) is 4.98 Å². The van der Waals surface area contributed by atoms with Gasteiger partial charge in [0.05, 0.1) is 6.20 Å². The van der Waals surface area contributed by atoms with Crippen LogP contribution in [0.15, 0.2) is 6.20 Å². The molecule has 0 aliphatic heterocycles. The van der Waals surface area contributed by atoms with E-state index in [0.29, 0.717) is 17.5 Å². The zero-order chi connectivity index (χ0) is 9.35. The molecular weight excluding hydrogens is 191 g/mol. The Balaban J connectivity index is 3.00. The zero-order valence-electron chi connectivity index (χ0n) is 5.64. The van der Waals surface area contributed by atoms with Crippen LogP contribution < -0.4 is 5.73 Å². The zero-order valence-corrected chi connectivity index (χ0v) is 6.46. The lowest BCUT2D eigenvalue weighted by Crippen LogP contribution is -2.09. The number of amidine groups is 1. The summed E-state index contributed by atoms with van der Waals surface area (Å²) < 4.78 is 35.8. The molecule has 0 unspecified atom stereocenters. The standard InChI is InChI=1S/C5H4F3N3S/c6-5(7,8)2-1-11-4(12-2)3(9)10/h1H,(H3,9,10). The van der Waals surface area contributed by atoms with Crippen molar-refractivity contribution in [3.8, 4) is 0 Å².